The number of aromatic nitrogens is 4. The molecule has 8 nitrogen and oxygen atoms in total. The van der Waals surface area contributed by atoms with E-state index in [0.717, 1.165) is 54.2 Å². The van der Waals surface area contributed by atoms with Crippen molar-refractivity contribution in [2.24, 2.45) is 0 Å². The Labute approximate surface area is 205 Å². The Bertz CT molecular complexity index is 1360. The number of nitrogens with one attached hydrogen (secondary N) is 2. The number of rotatable bonds is 4. The third-order valence-electron chi connectivity index (χ3n) is 6.44. The van der Waals surface area contributed by atoms with Crippen molar-refractivity contribution in [2.75, 3.05) is 38.5 Å². The second-order valence-corrected chi connectivity index (χ2v) is 10.2. The molecule has 8 heteroatoms. The summed E-state index contributed by atoms with van der Waals surface area (Å²) in [4.78, 5) is 33.9. The fraction of sp³-hybridized carbons (Fsp3) is 0.333. The third kappa shape index (κ3) is 5.02. The van der Waals surface area contributed by atoms with Gasteiger partial charge in [0.1, 0.15) is 5.69 Å². The quantitative estimate of drug-likeness (QED) is 0.459. The molecule has 4 heterocycles. The van der Waals surface area contributed by atoms with Gasteiger partial charge in [0.2, 0.25) is 5.95 Å². The van der Waals surface area contributed by atoms with Crippen LogP contribution in [0.2, 0.25) is 0 Å². The molecule has 1 aliphatic heterocycles. The number of anilines is 2. The van der Waals surface area contributed by atoms with E-state index in [2.05, 4.69) is 64.0 Å². The molecule has 5 rings (SSSR count). The molecule has 1 saturated heterocycles. The lowest BCUT2D eigenvalue weighted by Crippen LogP contribution is -2.47. The fourth-order valence-electron chi connectivity index (χ4n) is 4.23. The summed E-state index contributed by atoms with van der Waals surface area (Å²) in [5.41, 5.74) is 5.20. The molecular formula is C27H31N7O. The topological polar surface area (TPSA) is 90.0 Å². The van der Waals surface area contributed by atoms with Crippen LogP contribution < -0.4 is 5.32 Å². The highest BCUT2D eigenvalue weighted by Crippen LogP contribution is 2.27. The number of piperazine rings is 1. The maximum atomic E-state index is 12.9. The molecule has 2 N–H and O–H groups in total. The highest BCUT2D eigenvalue weighted by molar-refractivity contribution is 5.98. The highest BCUT2D eigenvalue weighted by Gasteiger charge is 2.22. The van der Waals surface area contributed by atoms with Gasteiger partial charge in [0, 0.05) is 55.2 Å². The molecule has 0 bridgehead atoms. The first kappa shape index (κ1) is 23.0. The number of aromatic amines is 1. The number of hydrogen-bond donors (Lipinski definition) is 2. The number of nitrogens with zero attached hydrogens (tertiary/aromatic N) is 5. The second-order valence-electron chi connectivity index (χ2n) is 10.2. The van der Waals surface area contributed by atoms with Crippen LogP contribution in [0.5, 0.6) is 0 Å². The third-order valence-corrected chi connectivity index (χ3v) is 6.44. The lowest BCUT2D eigenvalue weighted by molar-refractivity contribution is 0.0659. The number of carbonyl (C=O) groups excluding carboxylic acids is 1. The Morgan fingerprint density at radius 1 is 0.943 bits per heavy atom. The Hall–Kier alpha value is -3.78. The molecule has 1 aromatic carbocycles. The first-order valence-corrected chi connectivity index (χ1v) is 11.9. The number of H-pyrrole nitrogens is 1. The van der Waals surface area contributed by atoms with Crippen LogP contribution in [0.15, 0.2) is 54.9 Å². The maximum Gasteiger partial charge on any atom is 0.270 e. The number of amides is 1. The van der Waals surface area contributed by atoms with Crippen molar-refractivity contribution in [1.29, 1.82) is 0 Å². The van der Waals surface area contributed by atoms with E-state index >= 15 is 0 Å². The zero-order valence-corrected chi connectivity index (χ0v) is 20.7. The van der Waals surface area contributed by atoms with Crippen LogP contribution in [-0.4, -0.2) is 68.9 Å². The Kier molecular flexibility index (Phi) is 5.98. The Balaban J connectivity index is 1.35. The summed E-state index contributed by atoms with van der Waals surface area (Å²) in [6.07, 6.45) is 3.56. The zero-order chi connectivity index (χ0) is 24.6. The molecule has 0 atom stereocenters. The van der Waals surface area contributed by atoms with Crippen LogP contribution in [0.25, 0.3) is 22.3 Å². The smallest absolute Gasteiger partial charge is 0.270 e. The van der Waals surface area contributed by atoms with E-state index in [9.17, 15) is 4.79 Å². The summed E-state index contributed by atoms with van der Waals surface area (Å²) in [5, 5.41) is 4.25. The molecule has 1 amide bonds. The van der Waals surface area contributed by atoms with Crippen LogP contribution in [0.4, 0.5) is 11.6 Å². The molecule has 0 aliphatic carbocycles. The van der Waals surface area contributed by atoms with Gasteiger partial charge in [-0.3, -0.25) is 9.78 Å². The summed E-state index contributed by atoms with van der Waals surface area (Å²) >= 11 is 0. The van der Waals surface area contributed by atoms with Crippen LogP contribution in [0.3, 0.4) is 0 Å². The molecule has 35 heavy (non-hydrogen) atoms. The normalized spacial score (nSPS) is 14.9. The summed E-state index contributed by atoms with van der Waals surface area (Å²) in [6, 6.07) is 13.8. The predicted molar refractivity (Wildman–Crippen MR) is 139 cm³/mol. The minimum absolute atomic E-state index is 0.0301. The van der Waals surface area contributed by atoms with E-state index < -0.39 is 0 Å². The Morgan fingerprint density at radius 3 is 2.49 bits per heavy atom. The molecule has 0 radical (unpaired) electrons. The molecule has 0 unspecified atom stereocenters. The summed E-state index contributed by atoms with van der Waals surface area (Å²) < 4.78 is 0. The van der Waals surface area contributed by atoms with Gasteiger partial charge in [-0.05, 0) is 60.5 Å². The molecular weight excluding hydrogens is 438 g/mol. The van der Waals surface area contributed by atoms with Gasteiger partial charge in [0.05, 0.1) is 11.4 Å². The minimum Gasteiger partial charge on any atom is -0.351 e. The average molecular weight is 470 g/mol. The van der Waals surface area contributed by atoms with Crippen molar-refractivity contribution in [3.63, 3.8) is 0 Å². The second kappa shape index (κ2) is 9.11. The van der Waals surface area contributed by atoms with Gasteiger partial charge in [-0.15, -0.1) is 0 Å². The van der Waals surface area contributed by atoms with Crippen LogP contribution in [-0.2, 0) is 5.41 Å². The molecule has 1 aliphatic rings. The number of pyridine rings is 1. The molecule has 180 valence electrons. The van der Waals surface area contributed by atoms with Gasteiger partial charge in [-0.1, -0.05) is 20.8 Å². The van der Waals surface area contributed by atoms with Gasteiger partial charge >= 0.3 is 0 Å². The largest absolute Gasteiger partial charge is 0.351 e. The van der Waals surface area contributed by atoms with E-state index in [-0.39, 0.29) is 11.3 Å². The molecule has 1 fully saturated rings. The van der Waals surface area contributed by atoms with Crippen molar-refractivity contribution in [1.82, 2.24) is 29.7 Å². The van der Waals surface area contributed by atoms with E-state index in [1.165, 1.54) is 5.56 Å². The number of fused-ring (bicyclic) bond motifs is 1. The van der Waals surface area contributed by atoms with E-state index in [0.29, 0.717) is 11.6 Å². The zero-order valence-electron chi connectivity index (χ0n) is 20.7. The monoisotopic (exact) mass is 469 g/mol. The minimum atomic E-state index is 0.0301. The predicted octanol–water partition coefficient (Wildman–Crippen LogP) is 4.45. The number of hydrogen-bond acceptors (Lipinski definition) is 6. The fourth-order valence-corrected chi connectivity index (χ4v) is 4.23. The first-order chi connectivity index (χ1) is 16.8. The summed E-state index contributed by atoms with van der Waals surface area (Å²) in [6.45, 7) is 9.84. The van der Waals surface area contributed by atoms with Crippen LogP contribution in [0, 0.1) is 0 Å². The Morgan fingerprint density at radius 2 is 1.71 bits per heavy atom. The summed E-state index contributed by atoms with van der Waals surface area (Å²) in [7, 11) is 2.08. The van der Waals surface area contributed by atoms with Gasteiger partial charge in [-0.2, -0.15) is 0 Å². The molecule has 3 aromatic heterocycles. The highest BCUT2D eigenvalue weighted by atomic mass is 16.2. The summed E-state index contributed by atoms with van der Waals surface area (Å²) in [5.74, 6) is 0.541. The van der Waals surface area contributed by atoms with Crippen LogP contribution in [0.1, 0.15) is 36.8 Å². The van der Waals surface area contributed by atoms with Gasteiger partial charge < -0.3 is 20.1 Å². The van der Waals surface area contributed by atoms with E-state index in [1.54, 1.807) is 6.20 Å². The number of benzene rings is 1. The van der Waals surface area contributed by atoms with E-state index in [4.69, 9.17) is 0 Å². The van der Waals surface area contributed by atoms with Crippen molar-refractivity contribution in [3.8, 4) is 11.4 Å². The van der Waals surface area contributed by atoms with Gasteiger partial charge in [-0.25, -0.2) is 9.97 Å². The SMILES string of the molecule is CN1CCN(C(=O)c2cc3cc(Nc4nccc(-c5cc(C(C)(C)C)ccn5)n4)ccc3[nH]2)CC1. The van der Waals surface area contributed by atoms with Crippen molar-refractivity contribution in [2.45, 2.75) is 26.2 Å². The van der Waals surface area contributed by atoms with Crippen molar-refractivity contribution < 1.29 is 4.79 Å². The molecule has 4 aromatic rings. The lowest BCUT2D eigenvalue weighted by atomic mass is 9.87. The number of likely N-dealkylation sites (N-methyl/N-ethyl adjacent to an activating group) is 1. The molecule has 0 saturated carbocycles. The number of carbonyl (C=O) groups is 1. The maximum absolute atomic E-state index is 12.9. The van der Waals surface area contributed by atoms with Crippen LogP contribution >= 0.6 is 0 Å². The van der Waals surface area contributed by atoms with E-state index in [1.807, 2.05) is 47.5 Å². The van der Waals surface area contributed by atoms with Crippen molar-refractivity contribution in [3.05, 3.63) is 66.1 Å². The average Bonchev–Trinajstić information content (AvgIpc) is 3.27. The van der Waals surface area contributed by atoms with Crippen molar-refractivity contribution >= 4 is 28.4 Å². The standard InChI is InChI=1S/C27H31N7O/c1-27(2,3)19-7-9-28-23(17-19)22-8-10-29-26(32-22)30-20-5-6-21-18(15-20)16-24(31-21)25(35)34-13-11-33(4)12-14-34/h5-10,15-17,31H,11-14H2,1-4H3,(H,29,30,32). The van der Waals surface area contributed by atoms with Gasteiger partial charge in [0.15, 0.2) is 0 Å². The first-order valence-electron chi connectivity index (χ1n) is 11.9. The lowest BCUT2D eigenvalue weighted by Gasteiger charge is -2.32. The van der Waals surface area contributed by atoms with Gasteiger partial charge in [0.25, 0.3) is 5.91 Å². The molecule has 0 spiro atoms.